The number of hydrogen-bond acceptors (Lipinski definition) is 3. The van der Waals surface area contributed by atoms with Gasteiger partial charge in [0.2, 0.25) is 0 Å². The molecular formula is C14H14F2N2O. The molecule has 3 nitrogen and oxygen atoms in total. The molecule has 0 bridgehead atoms. The highest BCUT2D eigenvalue weighted by Crippen LogP contribution is 2.29. The molecule has 0 heterocycles. The number of hydrogen-bond donors (Lipinski definition) is 2. The van der Waals surface area contributed by atoms with Gasteiger partial charge in [-0.1, -0.05) is 6.07 Å². The van der Waals surface area contributed by atoms with Crippen LogP contribution in [0, 0.1) is 11.6 Å². The molecule has 0 aliphatic heterocycles. The van der Waals surface area contributed by atoms with Crippen LogP contribution in [0.15, 0.2) is 36.4 Å². The van der Waals surface area contributed by atoms with E-state index in [4.69, 9.17) is 5.73 Å². The van der Waals surface area contributed by atoms with Crippen LogP contribution in [0.1, 0.15) is 5.56 Å². The number of anilines is 2. The van der Waals surface area contributed by atoms with E-state index in [1.54, 1.807) is 19.2 Å². The van der Waals surface area contributed by atoms with Crippen molar-refractivity contribution < 1.29 is 13.9 Å². The van der Waals surface area contributed by atoms with E-state index in [-0.39, 0.29) is 23.5 Å². The Kier molecular flexibility index (Phi) is 3.66. The molecular weight excluding hydrogens is 250 g/mol. The van der Waals surface area contributed by atoms with Crippen LogP contribution in [0.5, 0.6) is 5.75 Å². The summed E-state index contributed by atoms with van der Waals surface area (Å²) < 4.78 is 27.6. The molecule has 0 saturated heterocycles. The highest BCUT2D eigenvalue weighted by molar-refractivity contribution is 5.64. The summed E-state index contributed by atoms with van der Waals surface area (Å²) in [7, 11) is 1.62. The predicted octanol–water partition coefficient (Wildman–Crippen LogP) is 2.90. The molecule has 0 aromatic heterocycles. The van der Waals surface area contributed by atoms with Crippen LogP contribution < -0.4 is 10.6 Å². The van der Waals surface area contributed by atoms with Crippen LogP contribution in [0.4, 0.5) is 20.2 Å². The fraction of sp³-hybridized carbons (Fsp3) is 0.143. The monoisotopic (exact) mass is 264 g/mol. The van der Waals surface area contributed by atoms with Crippen molar-refractivity contribution in [3.05, 3.63) is 53.6 Å². The molecule has 0 aliphatic carbocycles. The summed E-state index contributed by atoms with van der Waals surface area (Å²) in [6.45, 7) is -0.0496. The Balaban J connectivity index is 2.41. The second kappa shape index (κ2) is 5.24. The van der Waals surface area contributed by atoms with Crippen LogP contribution in [0.2, 0.25) is 0 Å². The summed E-state index contributed by atoms with van der Waals surface area (Å²) in [4.78, 5) is 1.50. The Morgan fingerprint density at radius 2 is 1.68 bits per heavy atom. The van der Waals surface area contributed by atoms with E-state index >= 15 is 0 Å². The van der Waals surface area contributed by atoms with Crippen LogP contribution in [0.3, 0.4) is 0 Å². The molecule has 2 rings (SSSR count). The topological polar surface area (TPSA) is 49.5 Å². The van der Waals surface area contributed by atoms with E-state index in [1.165, 1.54) is 29.2 Å². The van der Waals surface area contributed by atoms with Gasteiger partial charge in [0.05, 0.1) is 5.69 Å². The zero-order valence-electron chi connectivity index (χ0n) is 10.4. The number of aromatic hydroxyl groups is 1. The Bertz CT molecular complexity index is 585. The van der Waals surface area contributed by atoms with Crippen molar-refractivity contribution in [2.24, 2.45) is 5.73 Å². The van der Waals surface area contributed by atoms with Crippen molar-refractivity contribution in [3.63, 3.8) is 0 Å². The van der Waals surface area contributed by atoms with Crippen molar-refractivity contribution in [3.8, 4) is 5.75 Å². The van der Waals surface area contributed by atoms with Gasteiger partial charge in [-0.15, -0.1) is 0 Å². The number of halogens is 2. The Hall–Kier alpha value is -2.14. The number of benzene rings is 2. The van der Waals surface area contributed by atoms with Gasteiger partial charge in [-0.2, -0.15) is 0 Å². The molecule has 0 fully saturated rings. The minimum absolute atomic E-state index is 0.0496. The van der Waals surface area contributed by atoms with Gasteiger partial charge in [0.1, 0.15) is 5.75 Å². The third kappa shape index (κ3) is 2.51. The predicted molar refractivity (Wildman–Crippen MR) is 70.4 cm³/mol. The standard InChI is InChI=1S/C14H14F2N2O/c1-18(10-3-5-11(19)6-4-10)12-7-2-9(8-17)13(15)14(12)16/h2-7,19H,8,17H2,1H3. The van der Waals surface area contributed by atoms with Crippen LogP contribution >= 0.6 is 0 Å². The number of rotatable bonds is 3. The van der Waals surface area contributed by atoms with E-state index < -0.39 is 11.6 Å². The first-order valence-corrected chi connectivity index (χ1v) is 5.74. The second-order valence-electron chi connectivity index (χ2n) is 4.15. The zero-order chi connectivity index (χ0) is 14.0. The second-order valence-corrected chi connectivity index (χ2v) is 4.15. The number of phenols is 1. The van der Waals surface area contributed by atoms with Gasteiger partial charge in [-0.05, 0) is 30.3 Å². The fourth-order valence-electron chi connectivity index (χ4n) is 1.81. The minimum Gasteiger partial charge on any atom is -0.508 e. The summed E-state index contributed by atoms with van der Waals surface area (Å²) in [5.41, 5.74) is 6.21. The van der Waals surface area contributed by atoms with Crippen LogP contribution in [0.25, 0.3) is 0 Å². The molecule has 0 radical (unpaired) electrons. The van der Waals surface area contributed by atoms with Gasteiger partial charge in [-0.25, -0.2) is 8.78 Å². The van der Waals surface area contributed by atoms with Gasteiger partial charge >= 0.3 is 0 Å². The summed E-state index contributed by atoms with van der Waals surface area (Å²) in [6.07, 6.45) is 0. The molecule has 0 spiro atoms. The van der Waals surface area contributed by atoms with Crippen molar-refractivity contribution in [2.75, 3.05) is 11.9 Å². The van der Waals surface area contributed by atoms with E-state index in [0.717, 1.165) is 0 Å². The lowest BCUT2D eigenvalue weighted by molar-refractivity contribution is 0.475. The average molecular weight is 264 g/mol. The molecule has 0 saturated carbocycles. The molecule has 100 valence electrons. The molecule has 0 amide bonds. The maximum Gasteiger partial charge on any atom is 0.182 e. The third-order valence-electron chi connectivity index (χ3n) is 2.96. The van der Waals surface area contributed by atoms with Gasteiger partial charge in [-0.3, -0.25) is 0 Å². The Labute approximate surface area is 109 Å². The molecule has 19 heavy (non-hydrogen) atoms. The van der Waals surface area contributed by atoms with Crippen LogP contribution in [-0.4, -0.2) is 12.2 Å². The lowest BCUT2D eigenvalue weighted by Crippen LogP contribution is -2.13. The summed E-state index contributed by atoms with van der Waals surface area (Å²) in [5, 5.41) is 9.21. The van der Waals surface area contributed by atoms with Gasteiger partial charge in [0.15, 0.2) is 11.6 Å². The van der Waals surface area contributed by atoms with E-state index in [9.17, 15) is 13.9 Å². The van der Waals surface area contributed by atoms with Crippen molar-refractivity contribution >= 4 is 11.4 Å². The normalized spacial score (nSPS) is 10.5. The lowest BCUT2D eigenvalue weighted by atomic mass is 10.1. The third-order valence-corrected chi connectivity index (χ3v) is 2.96. The maximum absolute atomic E-state index is 13.9. The number of phenolic OH excluding ortho intramolecular Hbond substituents is 1. The maximum atomic E-state index is 13.9. The first-order valence-electron chi connectivity index (χ1n) is 5.74. The van der Waals surface area contributed by atoms with Crippen molar-refractivity contribution in [2.45, 2.75) is 6.54 Å². The summed E-state index contributed by atoms with van der Waals surface area (Å²) in [5.74, 6) is -1.74. The van der Waals surface area contributed by atoms with Gasteiger partial charge in [0, 0.05) is 24.8 Å². The Morgan fingerprint density at radius 3 is 2.26 bits per heavy atom. The van der Waals surface area contributed by atoms with E-state index in [0.29, 0.717) is 5.69 Å². The summed E-state index contributed by atoms with van der Waals surface area (Å²) >= 11 is 0. The van der Waals surface area contributed by atoms with Crippen LogP contribution in [-0.2, 0) is 6.54 Å². The first kappa shape index (κ1) is 13.3. The first-order chi connectivity index (χ1) is 9.04. The highest BCUT2D eigenvalue weighted by Gasteiger charge is 2.16. The Morgan fingerprint density at radius 1 is 1.05 bits per heavy atom. The molecule has 0 atom stereocenters. The molecule has 0 aliphatic rings. The quantitative estimate of drug-likeness (QED) is 0.896. The zero-order valence-corrected chi connectivity index (χ0v) is 10.4. The number of nitrogens with zero attached hydrogens (tertiary/aromatic N) is 1. The SMILES string of the molecule is CN(c1ccc(O)cc1)c1ccc(CN)c(F)c1F. The molecule has 5 heteroatoms. The smallest absolute Gasteiger partial charge is 0.182 e. The largest absolute Gasteiger partial charge is 0.508 e. The lowest BCUT2D eigenvalue weighted by Gasteiger charge is -2.21. The number of nitrogens with two attached hydrogens (primary N) is 1. The fourth-order valence-corrected chi connectivity index (χ4v) is 1.81. The van der Waals surface area contributed by atoms with E-state index in [2.05, 4.69) is 0 Å². The van der Waals surface area contributed by atoms with Crippen molar-refractivity contribution in [1.82, 2.24) is 0 Å². The minimum atomic E-state index is -0.932. The van der Waals surface area contributed by atoms with Gasteiger partial charge in [0.25, 0.3) is 0 Å². The highest BCUT2D eigenvalue weighted by atomic mass is 19.2. The molecule has 2 aromatic carbocycles. The molecule has 3 N–H and O–H groups in total. The molecule has 2 aromatic rings. The average Bonchev–Trinajstić information content (AvgIpc) is 2.42. The van der Waals surface area contributed by atoms with Gasteiger partial charge < -0.3 is 15.7 Å². The van der Waals surface area contributed by atoms with Crippen molar-refractivity contribution in [1.29, 1.82) is 0 Å². The summed E-state index contributed by atoms with van der Waals surface area (Å²) in [6, 6.07) is 9.13. The molecule has 0 unspecified atom stereocenters. The van der Waals surface area contributed by atoms with E-state index in [1.807, 2.05) is 0 Å².